The predicted octanol–water partition coefficient (Wildman–Crippen LogP) is 1.92. The van der Waals surface area contributed by atoms with Gasteiger partial charge in [0.25, 0.3) is 0 Å². The van der Waals surface area contributed by atoms with Crippen LogP contribution < -0.4 is 0 Å². The minimum Gasteiger partial charge on any atom is -0.465 e. The Morgan fingerprint density at radius 2 is 1.50 bits per heavy atom. The summed E-state index contributed by atoms with van der Waals surface area (Å²) >= 11 is 0. The Morgan fingerprint density at radius 3 is 1.81 bits per heavy atom. The zero-order valence-corrected chi connectivity index (χ0v) is 10.0. The maximum absolute atomic E-state index is 11.7. The molecule has 0 saturated heterocycles. The molecule has 0 radical (unpaired) electrons. The van der Waals surface area contributed by atoms with Crippen LogP contribution in [-0.2, 0) is 19.1 Å². The van der Waals surface area contributed by atoms with Crippen molar-refractivity contribution in [3.8, 4) is 0 Å². The van der Waals surface area contributed by atoms with Crippen molar-refractivity contribution in [2.45, 2.75) is 39.5 Å². The fraction of sp³-hybridized carbons (Fsp3) is 0.833. The number of hydrogen-bond donors (Lipinski definition) is 0. The lowest BCUT2D eigenvalue weighted by atomic mass is 10.0. The van der Waals surface area contributed by atoms with E-state index in [-0.39, 0.29) is 5.92 Å². The standard InChI is InChI=1S/C12H20O4/c1-3-7-15-11(13)10(9-5-6-9)12(14)16-8-4-2/h9-10H,3-8H2,1-2H3. The highest BCUT2D eigenvalue weighted by Crippen LogP contribution is 2.38. The van der Waals surface area contributed by atoms with Crippen molar-refractivity contribution in [2.24, 2.45) is 11.8 Å². The van der Waals surface area contributed by atoms with Crippen LogP contribution in [0.1, 0.15) is 39.5 Å². The molecule has 0 heterocycles. The molecule has 0 amide bonds. The highest BCUT2D eigenvalue weighted by Gasteiger charge is 2.43. The van der Waals surface area contributed by atoms with Crippen LogP contribution in [0.5, 0.6) is 0 Å². The lowest BCUT2D eigenvalue weighted by Crippen LogP contribution is -2.30. The van der Waals surface area contributed by atoms with E-state index in [1.807, 2.05) is 13.8 Å². The van der Waals surface area contributed by atoms with Crippen LogP contribution in [0.15, 0.2) is 0 Å². The average molecular weight is 228 g/mol. The van der Waals surface area contributed by atoms with Crippen molar-refractivity contribution in [1.29, 1.82) is 0 Å². The molecule has 0 aromatic carbocycles. The first kappa shape index (κ1) is 13.0. The van der Waals surface area contributed by atoms with Crippen molar-refractivity contribution in [2.75, 3.05) is 13.2 Å². The molecule has 0 aromatic heterocycles. The van der Waals surface area contributed by atoms with E-state index in [1.54, 1.807) is 0 Å². The van der Waals surface area contributed by atoms with Gasteiger partial charge < -0.3 is 9.47 Å². The summed E-state index contributed by atoms with van der Waals surface area (Å²) in [6, 6.07) is 0. The molecule has 1 saturated carbocycles. The molecule has 0 aromatic rings. The largest absolute Gasteiger partial charge is 0.465 e. The van der Waals surface area contributed by atoms with Gasteiger partial charge in [-0.1, -0.05) is 13.8 Å². The normalized spacial score (nSPS) is 14.9. The number of carbonyl (C=O) groups is 2. The number of carbonyl (C=O) groups excluding carboxylic acids is 2. The van der Waals surface area contributed by atoms with Gasteiger partial charge in [0.15, 0.2) is 5.92 Å². The highest BCUT2D eigenvalue weighted by atomic mass is 16.6. The molecule has 16 heavy (non-hydrogen) atoms. The first-order valence-corrected chi connectivity index (χ1v) is 6.04. The summed E-state index contributed by atoms with van der Waals surface area (Å²) < 4.78 is 10.0. The van der Waals surface area contributed by atoms with E-state index in [4.69, 9.17) is 9.47 Å². The average Bonchev–Trinajstić information content (AvgIpc) is 3.08. The van der Waals surface area contributed by atoms with Crippen molar-refractivity contribution >= 4 is 11.9 Å². The predicted molar refractivity (Wildman–Crippen MR) is 58.7 cm³/mol. The van der Waals surface area contributed by atoms with Gasteiger partial charge in [0.1, 0.15) is 0 Å². The molecule has 0 atom stereocenters. The summed E-state index contributed by atoms with van der Waals surface area (Å²) in [5.41, 5.74) is 0. The summed E-state index contributed by atoms with van der Waals surface area (Å²) in [6.07, 6.45) is 3.39. The van der Waals surface area contributed by atoms with E-state index in [9.17, 15) is 9.59 Å². The van der Waals surface area contributed by atoms with Crippen LogP contribution in [0.2, 0.25) is 0 Å². The molecule has 0 unspecified atom stereocenters. The molecule has 4 nitrogen and oxygen atoms in total. The molecular weight excluding hydrogens is 208 g/mol. The number of hydrogen-bond acceptors (Lipinski definition) is 4. The summed E-state index contributed by atoms with van der Waals surface area (Å²) in [4.78, 5) is 23.3. The van der Waals surface area contributed by atoms with Crippen LogP contribution in [0.25, 0.3) is 0 Å². The summed E-state index contributed by atoms with van der Waals surface area (Å²) in [5, 5.41) is 0. The van der Waals surface area contributed by atoms with Crippen molar-refractivity contribution in [3.05, 3.63) is 0 Å². The Balaban J connectivity index is 2.46. The first-order chi connectivity index (χ1) is 7.70. The SMILES string of the molecule is CCCOC(=O)C(C(=O)OCCC)C1CC1. The van der Waals surface area contributed by atoms with Gasteiger partial charge in [0.05, 0.1) is 13.2 Å². The minimum atomic E-state index is -0.682. The van der Waals surface area contributed by atoms with E-state index in [0.717, 1.165) is 25.7 Å². The van der Waals surface area contributed by atoms with Crippen LogP contribution in [-0.4, -0.2) is 25.2 Å². The maximum Gasteiger partial charge on any atom is 0.320 e. The lowest BCUT2D eigenvalue weighted by Gasteiger charge is -2.13. The minimum absolute atomic E-state index is 0.147. The topological polar surface area (TPSA) is 52.6 Å². The van der Waals surface area contributed by atoms with E-state index in [1.165, 1.54) is 0 Å². The Bertz CT molecular complexity index is 225. The van der Waals surface area contributed by atoms with Gasteiger partial charge in [-0.3, -0.25) is 9.59 Å². The monoisotopic (exact) mass is 228 g/mol. The third-order valence-electron chi connectivity index (χ3n) is 2.50. The Morgan fingerprint density at radius 1 is 1.06 bits per heavy atom. The summed E-state index contributed by atoms with van der Waals surface area (Å²) in [6.45, 7) is 4.61. The van der Waals surface area contributed by atoms with Crippen molar-refractivity contribution < 1.29 is 19.1 Å². The fourth-order valence-electron chi connectivity index (χ4n) is 1.50. The zero-order valence-electron chi connectivity index (χ0n) is 10.0. The molecule has 0 bridgehead atoms. The Kier molecular flexibility index (Phi) is 5.29. The van der Waals surface area contributed by atoms with Crippen LogP contribution in [0.3, 0.4) is 0 Å². The number of ether oxygens (including phenoxy) is 2. The lowest BCUT2D eigenvalue weighted by molar-refractivity contribution is -0.163. The number of esters is 2. The zero-order chi connectivity index (χ0) is 12.0. The summed E-state index contributed by atoms with van der Waals surface area (Å²) in [5.74, 6) is -1.36. The van der Waals surface area contributed by atoms with Gasteiger partial charge in [0, 0.05) is 0 Å². The molecule has 1 aliphatic carbocycles. The van der Waals surface area contributed by atoms with Gasteiger partial charge in [-0.2, -0.15) is 0 Å². The van der Waals surface area contributed by atoms with E-state index in [2.05, 4.69) is 0 Å². The highest BCUT2D eigenvalue weighted by molar-refractivity contribution is 5.95. The Hall–Kier alpha value is -1.06. The quantitative estimate of drug-likeness (QED) is 0.493. The molecule has 0 spiro atoms. The fourth-order valence-corrected chi connectivity index (χ4v) is 1.50. The third-order valence-corrected chi connectivity index (χ3v) is 2.50. The Labute approximate surface area is 96.3 Å². The smallest absolute Gasteiger partial charge is 0.320 e. The van der Waals surface area contributed by atoms with Crippen molar-refractivity contribution in [3.63, 3.8) is 0 Å². The number of rotatable bonds is 7. The first-order valence-electron chi connectivity index (χ1n) is 6.04. The molecule has 4 heteroatoms. The maximum atomic E-state index is 11.7. The van der Waals surface area contributed by atoms with Gasteiger partial charge in [-0.05, 0) is 31.6 Å². The summed E-state index contributed by atoms with van der Waals surface area (Å²) in [7, 11) is 0. The molecule has 1 rings (SSSR count). The van der Waals surface area contributed by atoms with E-state index >= 15 is 0 Å². The second-order valence-electron chi connectivity index (χ2n) is 4.15. The molecule has 92 valence electrons. The van der Waals surface area contributed by atoms with Gasteiger partial charge >= 0.3 is 11.9 Å². The van der Waals surface area contributed by atoms with Crippen LogP contribution in [0.4, 0.5) is 0 Å². The second kappa shape index (κ2) is 6.51. The van der Waals surface area contributed by atoms with Gasteiger partial charge in [-0.15, -0.1) is 0 Å². The molecule has 1 fully saturated rings. The molecule has 0 aliphatic heterocycles. The van der Waals surface area contributed by atoms with E-state index in [0.29, 0.717) is 13.2 Å². The third kappa shape index (κ3) is 3.83. The van der Waals surface area contributed by atoms with Crippen LogP contribution >= 0.6 is 0 Å². The molecule has 1 aliphatic rings. The van der Waals surface area contributed by atoms with Gasteiger partial charge in [0.2, 0.25) is 0 Å². The van der Waals surface area contributed by atoms with Crippen molar-refractivity contribution in [1.82, 2.24) is 0 Å². The van der Waals surface area contributed by atoms with Gasteiger partial charge in [-0.25, -0.2) is 0 Å². The van der Waals surface area contributed by atoms with E-state index < -0.39 is 17.9 Å². The molecule has 0 N–H and O–H groups in total. The molecular formula is C12H20O4. The second-order valence-corrected chi connectivity index (χ2v) is 4.15. The van der Waals surface area contributed by atoms with Crippen LogP contribution in [0, 0.1) is 11.8 Å².